The molecule has 0 unspecified atom stereocenters. The molecular formula is C29H46NO2+. The number of hydrogen-bond acceptors (Lipinski definition) is 2. The second-order valence-corrected chi connectivity index (χ2v) is 9.23. The summed E-state index contributed by atoms with van der Waals surface area (Å²) in [6.45, 7) is 9.58. The van der Waals surface area contributed by atoms with Gasteiger partial charge in [-0.05, 0) is 43.5 Å². The highest BCUT2D eigenvalue weighted by atomic mass is 16.7. The summed E-state index contributed by atoms with van der Waals surface area (Å²) in [7, 11) is 4.37. The van der Waals surface area contributed by atoms with Gasteiger partial charge in [-0.25, -0.2) is 4.84 Å². The zero-order valence-electron chi connectivity index (χ0n) is 21.5. The number of hydrogen-bond donors (Lipinski definition) is 0. The lowest BCUT2D eigenvalue weighted by molar-refractivity contribution is -1.12. The van der Waals surface area contributed by atoms with E-state index in [1.165, 1.54) is 49.7 Å². The van der Waals surface area contributed by atoms with Crippen LogP contribution in [-0.2, 0) is 16.8 Å². The van der Waals surface area contributed by atoms with E-state index in [1.807, 2.05) is 30.3 Å². The average molecular weight is 441 g/mol. The lowest BCUT2D eigenvalue weighted by Crippen LogP contribution is -2.56. The monoisotopic (exact) mass is 440 g/mol. The SMILES string of the molecule is CCCCCCCCc1cccc(C(CC)(CC)[N+](C)(C)OCC)c1Oc1ccccc1. The molecule has 2 aromatic carbocycles. The van der Waals surface area contributed by atoms with Gasteiger partial charge < -0.3 is 4.74 Å². The molecule has 0 atom stereocenters. The number of para-hydroxylation sites is 2. The molecule has 0 saturated carbocycles. The minimum atomic E-state index is -0.183. The predicted molar refractivity (Wildman–Crippen MR) is 136 cm³/mol. The highest BCUT2D eigenvalue weighted by Crippen LogP contribution is 2.46. The van der Waals surface area contributed by atoms with Crippen molar-refractivity contribution in [2.45, 2.75) is 91.0 Å². The Kier molecular flexibility index (Phi) is 10.7. The number of aryl methyl sites for hydroxylation is 1. The second kappa shape index (κ2) is 13.0. The maximum atomic E-state index is 6.65. The first-order valence-corrected chi connectivity index (χ1v) is 12.8. The number of rotatable bonds is 15. The van der Waals surface area contributed by atoms with E-state index in [0.29, 0.717) is 11.3 Å². The summed E-state index contributed by atoms with van der Waals surface area (Å²) in [5.41, 5.74) is 2.38. The van der Waals surface area contributed by atoms with Crippen LogP contribution >= 0.6 is 0 Å². The largest absolute Gasteiger partial charge is 0.457 e. The van der Waals surface area contributed by atoms with Gasteiger partial charge in [0.05, 0.1) is 19.7 Å². The third-order valence-electron chi connectivity index (χ3n) is 7.01. The average Bonchev–Trinajstić information content (AvgIpc) is 2.79. The van der Waals surface area contributed by atoms with E-state index in [-0.39, 0.29) is 5.54 Å². The number of benzene rings is 2. The molecule has 0 saturated heterocycles. The second-order valence-electron chi connectivity index (χ2n) is 9.23. The molecule has 0 aromatic heterocycles. The molecular weight excluding hydrogens is 394 g/mol. The van der Waals surface area contributed by atoms with Crippen LogP contribution < -0.4 is 4.74 Å². The zero-order valence-corrected chi connectivity index (χ0v) is 21.5. The molecule has 0 bridgehead atoms. The summed E-state index contributed by atoms with van der Waals surface area (Å²) in [6, 6.07) is 16.9. The molecule has 178 valence electrons. The minimum Gasteiger partial charge on any atom is -0.457 e. The molecule has 0 heterocycles. The van der Waals surface area contributed by atoms with Gasteiger partial charge in [-0.2, -0.15) is 4.65 Å². The zero-order chi connectivity index (χ0) is 23.5. The van der Waals surface area contributed by atoms with E-state index < -0.39 is 0 Å². The van der Waals surface area contributed by atoms with E-state index in [2.05, 4.69) is 60.0 Å². The Morgan fingerprint density at radius 2 is 1.41 bits per heavy atom. The topological polar surface area (TPSA) is 18.5 Å². The molecule has 0 aliphatic heterocycles. The summed E-state index contributed by atoms with van der Waals surface area (Å²) in [5, 5.41) is 0. The fraction of sp³-hybridized carbons (Fsp3) is 0.586. The fourth-order valence-corrected chi connectivity index (χ4v) is 5.10. The Morgan fingerprint density at radius 3 is 2.03 bits per heavy atom. The Balaban J connectivity index is 2.46. The van der Waals surface area contributed by atoms with E-state index in [0.717, 1.165) is 30.8 Å². The molecule has 3 nitrogen and oxygen atoms in total. The van der Waals surface area contributed by atoms with Crippen molar-refractivity contribution >= 4 is 0 Å². The first-order chi connectivity index (χ1) is 15.5. The summed E-state index contributed by atoms with van der Waals surface area (Å²) in [6.07, 6.45) is 10.8. The third-order valence-corrected chi connectivity index (χ3v) is 7.01. The highest BCUT2D eigenvalue weighted by molar-refractivity contribution is 5.47. The Hall–Kier alpha value is -1.84. The quantitative estimate of drug-likeness (QED) is 0.157. The van der Waals surface area contributed by atoms with Crippen molar-refractivity contribution in [3.63, 3.8) is 0 Å². The van der Waals surface area contributed by atoms with Crippen LogP contribution in [0, 0.1) is 0 Å². The van der Waals surface area contributed by atoms with Gasteiger partial charge in [0.15, 0.2) is 5.54 Å². The molecule has 0 spiro atoms. The van der Waals surface area contributed by atoms with Crippen LogP contribution in [0.5, 0.6) is 11.5 Å². The summed E-state index contributed by atoms with van der Waals surface area (Å²) in [4.78, 5) is 6.29. The number of hydroxylamine groups is 3. The molecule has 32 heavy (non-hydrogen) atoms. The standard InChI is InChI=1S/C29H46NO2/c1-7-11-12-13-14-16-20-25-21-19-24-27(28(25)32-26-22-17-15-18-23-26)29(8-2,9-3)30(5,6)31-10-4/h15,17-19,21-24H,7-14,16,20H2,1-6H3/q+1. The van der Waals surface area contributed by atoms with Gasteiger partial charge in [0, 0.05) is 12.8 Å². The molecule has 3 heteroatoms. The van der Waals surface area contributed by atoms with Crippen molar-refractivity contribution in [2.75, 3.05) is 20.7 Å². The van der Waals surface area contributed by atoms with Crippen LogP contribution in [0.4, 0.5) is 0 Å². The van der Waals surface area contributed by atoms with Crippen LogP contribution in [-0.4, -0.2) is 25.3 Å². The Labute approximate surface area is 197 Å². The Morgan fingerprint density at radius 1 is 0.750 bits per heavy atom. The van der Waals surface area contributed by atoms with Gasteiger partial charge in [-0.3, -0.25) is 0 Å². The molecule has 0 amide bonds. The highest BCUT2D eigenvalue weighted by Gasteiger charge is 2.48. The van der Waals surface area contributed by atoms with Gasteiger partial charge >= 0.3 is 0 Å². The summed E-state index contributed by atoms with van der Waals surface area (Å²) in [5.74, 6) is 1.92. The third kappa shape index (κ3) is 6.36. The maximum Gasteiger partial charge on any atom is 0.157 e. The summed E-state index contributed by atoms with van der Waals surface area (Å²) < 4.78 is 7.14. The molecule has 0 aliphatic carbocycles. The Bertz CT molecular complexity index is 781. The first kappa shape index (κ1) is 26.4. The van der Waals surface area contributed by atoms with Crippen LogP contribution in [0.1, 0.15) is 90.2 Å². The van der Waals surface area contributed by atoms with Gasteiger partial charge in [0.1, 0.15) is 18.1 Å². The van der Waals surface area contributed by atoms with E-state index in [9.17, 15) is 0 Å². The van der Waals surface area contributed by atoms with Crippen LogP contribution in [0.15, 0.2) is 48.5 Å². The number of quaternary nitrogens is 1. The van der Waals surface area contributed by atoms with E-state index in [4.69, 9.17) is 9.57 Å². The van der Waals surface area contributed by atoms with Crippen LogP contribution in [0.3, 0.4) is 0 Å². The molecule has 2 rings (SSSR count). The van der Waals surface area contributed by atoms with Gasteiger partial charge in [-0.15, -0.1) is 0 Å². The van der Waals surface area contributed by atoms with E-state index in [1.54, 1.807) is 0 Å². The van der Waals surface area contributed by atoms with Crippen molar-refractivity contribution in [3.05, 3.63) is 59.7 Å². The molecule has 0 radical (unpaired) electrons. The van der Waals surface area contributed by atoms with Crippen molar-refractivity contribution in [1.82, 2.24) is 0 Å². The minimum absolute atomic E-state index is 0.183. The van der Waals surface area contributed by atoms with E-state index >= 15 is 0 Å². The van der Waals surface area contributed by atoms with Crippen LogP contribution in [0.25, 0.3) is 0 Å². The van der Waals surface area contributed by atoms with Gasteiger partial charge in [0.2, 0.25) is 0 Å². The van der Waals surface area contributed by atoms with Gasteiger partial charge in [0.25, 0.3) is 0 Å². The van der Waals surface area contributed by atoms with Crippen molar-refractivity contribution in [3.8, 4) is 11.5 Å². The number of unbranched alkanes of at least 4 members (excludes halogenated alkanes) is 5. The molecule has 0 N–H and O–H groups in total. The molecule has 0 aliphatic rings. The lowest BCUT2D eigenvalue weighted by atomic mass is 9.81. The van der Waals surface area contributed by atoms with Crippen molar-refractivity contribution < 1.29 is 14.2 Å². The fourth-order valence-electron chi connectivity index (χ4n) is 5.10. The summed E-state index contributed by atoms with van der Waals surface area (Å²) >= 11 is 0. The maximum absolute atomic E-state index is 6.65. The number of nitrogens with zero attached hydrogens (tertiary/aromatic N) is 1. The normalized spacial score (nSPS) is 12.2. The smallest absolute Gasteiger partial charge is 0.157 e. The van der Waals surface area contributed by atoms with Gasteiger partial charge in [-0.1, -0.05) is 83.2 Å². The van der Waals surface area contributed by atoms with Crippen molar-refractivity contribution in [1.29, 1.82) is 0 Å². The van der Waals surface area contributed by atoms with Crippen molar-refractivity contribution in [2.24, 2.45) is 0 Å². The lowest BCUT2D eigenvalue weighted by Gasteiger charge is -2.46. The molecule has 2 aromatic rings. The predicted octanol–water partition coefficient (Wildman–Crippen LogP) is 8.43. The number of ether oxygens (including phenoxy) is 1. The van der Waals surface area contributed by atoms with Crippen LogP contribution in [0.2, 0.25) is 0 Å². The molecule has 0 fully saturated rings. The first-order valence-electron chi connectivity index (χ1n) is 12.8.